The molecule has 61 heavy (non-hydrogen) atoms. The average molecular weight is 787 g/mol. The van der Waals surface area contributed by atoms with Gasteiger partial charge in [0.1, 0.15) is 27.8 Å². The smallest absolute Gasteiger partial charge is 0.250 e. The highest BCUT2D eigenvalue weighted by Gasteiger charge is 2.24. The molecule has 8 aromatic carbocycles. The largest absolute Gasteiger partial charge is 0.456 e. The van der Waals surface area contributed by atoms with E-state index in [-0.39, 0.29) is 0 Å². The molecule has 0 bridgehead atoms. The first-order chi connectivity index (χ1) is 30.2. The van der Waals surface area contributed by atoms with Crippen LogP contribution < -0.4 is 9.80 Å². The molecule has 9 nitrogen and oxygen atoms in total. The van der Waals surface area contributed by atoms with Gasteiger partial charge in [0.05, 0.1) is 34.3 Å². The van der Waals surface area contributed by atoms with Crippen LogP contribution in [0.3, 0.4) is 0 Å². The molecule has 0 atom stereocenters. The zero-order chi connectivity index (χ0) is 40.0. The molecule has 0 unspecified atom stereocenters. The van der Waals surface area contributed by atoms with E-state index >= 15 is 0 Å². The lowest BCUT2D eigenvalue weighted by molar-refractivity contribution is 0.638. The monoisotopic (exact) mass is 786 g/mol. The molecule has 0 amide bonds. The molecule has 0 N–H and O–H groups in total. The number of fused-ring (bicyclic) bond motifs is 11. The highest BCUT2D eigenvalue weighted by Crippen LogP contribution is 2.43. The summed E-state index contributed by atoms with van der Waals surface area (Å²) in [6.07, 6.45) is 3.55. The maximum atomic E-state index is 6.56. The Labute approximate surface area is 346 Å². The van der Waals surface area contributed by atoms with Gasteiger partial charge in [-0.15, -0.1) is 0 Å². The second-order valence-electron chi connectivity index (χ2n) is 15.1. The highest BCUT2D eigenvalue weighted by molar-refractivity contribution is 6.09. The van der Waals surface area contributed by atoms with Crippen LogP contribution in [0.25, 0.3) is 87.8 Å². The second kappa shape index (κ2) is 13.0. The predicted octanol–water partition coefficient (Wildman–Crippen LogP) is 14.2. The molecule has 9 heteroatoms. The van der Waals surface area contributed by atoms with Gasteiger partial charge in [-0.2, -0.15) is 9.97 Å². The van der Waals surface area contributed by atoms with E-state index in [1.165, 1.54) is 0 Å². The summed E-state index contributed by atoms with van der Waals surface area (Å²) in [5.74, 6) is 0.998. The Hall–Kier alpha value is -8.56. The summed E-state index contributed by atoms with van der Waals surface area (Å²) < 4.78 is 19.3. The van der Waals surface area contributed by atoms with Crippen molar-refractivity contribution in [2.24, 2.45) is 0 Å². The van der Waals surface area contributed by atoms with Crippen LogP contribution >= 0.6 is 0 Å². The van der Waals surface area contributed by atoms with Crippen LogP contribution in [-0.2, 0) is 0 Å². The molecule has 0 aliphatic carbocycles. The first-order valence-corrected chi connectivity index (χ1v) is 20.0. The minimum Gasteiger partial charge on any atom is -0.456 e. The molecule has 0 radical (unpaired) electrons. The van der Waals surface area contributed by atoms with E-state index in [1.807, 2.05) is 77.7 Å². The van der Waals surface area contributed by atoms with Crippen LogP contribution in [-0.4, -0.2) is 19.9 Å². The third-order valence-electron chi connectivity index (χ3n) is 11.6. The van der Waals surface area contributed by atoms with Crippen molar-refractivity contribution in [3.05, 3.63) is 182 Å². The van der Waals surface area contributed by atoms with Crippen LogP contribution in [0.4, 0.5) is 34.5 Å². The van der Waals surface area contributed by atoms with Crippen molar-refractivity contribution in [1.29, 1.82) is 0 Å². The standard InChI is InChI=1S/C52H30N6O3/c1-3-15-35-31(11-1)13-9-19-42(35)57(33-23-25-39-37-17-5-7-21-44(37)59-46(39)27-33)48-30-53-49-41-29-54-52(56-50(41)61-51(49)55-48)58(43-20-10-14-32-12-2-4-16-36(32)43)34-24-26-40-38-18-6-8-22-45(38)60-47(40)28-34/h1-30H. The van der Waals surface area contributed by atoms with Crippen LogP contribution in [0.1, 0.15) is 0 Å². The maximum Gasteiger partial charge on any atom is 0.250 e. The molecule has 0 saturated heterocycles. The van der Waals surface area contributed by atoms with Gasteiger partial charge in [-0.1, -0.05) is 109 Å². The topological polar surface area (TPSA) is 97.5 Å². The van der Waals surface area contributed by atoms with Gasteiger partial charge >= 0.3 is 0 Å². The van der Waals surface area contributed by atoms with Crippen LogP contribution in [0, 0.1) is 0 Å². The SMILES string of the molecule is c1ccc2c(N(c3ccc4c(c3)oc3ccccc34)c3cnc4c(n3)oc3nc(N(c5ccc6c(c5)oc5ccccc56)c5cccc6ccccc56)ncc34)cccc2c1. The third-order valence-corrected chi connectivity index (χ3v) is 11.6. The Bertz CT molecular complexity index is 3620. The van der Waals surface area contributed by atoms with Crippen LogP contribution in [0.15, 0.2) is 196 Å². The minimum atomic E-state index is 0.342. The number of hydrogen-bond donors (Lipinski definition) is 0. The maximum absolute atomic E-state index is 6.56. The van der Waals surface area contributed by atoms with E-state index in [4.69, 9.17) is 33.2 Å². The average Bonchev–Trinajstić information content (AvgIpc) is 3.99. The summed E-state index contributed by atoms with van der Waals surface area (Å²) in [5.41, 5.74) is 8.04. The lowest BCUT2D eigenvalue weighted by Crippen LogP contribution is -2.13. The zero-order valence-corrected chi connectivity index (χ0v) is 32.2. The molecule has 5 aromatic heterocycles. The van der Waals surface area contributed by atoms with Gasteiger partial charge < -0.3 is 13.3 Å². The summed E-state index contributed by atoms with van der Waals surface area (Å²) in [5, 5.41) is 9.17. The normalized spacial score (nSPS) is 11.9. The van der Waals surface area contributed by atoms with E-state index in [9.17, 15) is 0 Å². The lowest BCUT2D eigenvalue weighted by atomic mass is 10.1. The molecular formula is C52H30N6O3. The van der Waals surface area contributed by atoms with E-state index < -0.39 is 0 Å². The van der Waals surface area contributed by atoms with Crippen LogP contribution in [0.5, 0.6) is 0 Å². The molecule has 13 aromatic rings. The summed E-state index contributed by atoms with van der Waals surface area (Å²) in [7, 11) is 0. The van der Waals surface area contributed by atoms with Gasteiger partial charge in [-0.05, 0) is 59.3 Å². The number of furan rings is 3. The Balaban J connectivity index is 0.981. The fourth-order valence-electron chi connectivity index (χ4n) is 8.79. The van der Waals surface area contributed by atoms with E-state index in [2.05, 4.69) is 102 Å². The number of anilines is 6. The number of aromatic nitrogens is 4. The Morgan fingerprint density at radius 2 is 0.885 bits per heavy atom. The van der Waals surface area contributed by atoms with Crippen LogP contribution in [0.2, 0.25) is 0 Å². The highest BCUT2D eigenvalue weighted by atomic mass is 16.4. The molecule has 286 valence electrons. The van der Waals surface area contributed by atoms with E-state index in [1.54, 1.807) is 12.4 Å². The predicted molar refractivity (Wildman–Crippen MR) is 244 cm³/mol. The number of para-hydroxylation sites is 2. The molecular weight excluding hydrogens is 757 g/mol. The Morgan fingerprint density at radius 1 is 0.361 bits per heavy atom. The van der Waals surface area contributed by atoms with Crippen molar-refractivity contribution in [1.82, 2.24) is 19.9 Å². The first-order valence-electron chi connectivity index (χ1n) is 20.0. The summed E-state index contributed by atoms with van der Waals surface area (Å²) in [6, 6.07) is 57.8. The molecule has 5 heterocycles. The Kier molecular flexibility index (Phi) is 7.11. The third kappa shape index (κ3) is 5.20. The summed E-state index contributed by atoms with van der Waals surface area (Å²) >= 11 is 0. The second-order valence-corrected chi connectivity index (χ2v) is 15.1. The number of benzene rings is 8. The first kappa shape index (κ1) is 33.4. The van der Waals surface area contributed by atoms with E-state index in [0.29, 0.717) is 34.1 Å². The molecule has 0 spiro atoms. The van der Waals surface area contributed by atoms with Crippen molar-refractivity contribution in [2.75, 3.05) is 9.80 Å². The van der Waals surface area contributed by atoms with Crippen molar-refractivity contribution in [3.8, 4) is 0 Å². The van der Waals surface area contributed by atoms with Gasteiger partial charge in [0, 0.05) is 50.6 Å². The van der Waals surface area contributed by atoms with Gasteiger partial charge in [-0.25, -0.2) is 9.97 Å². The molecule has 0 aliphatic heterocycles. The fourth-order valence-corrected chi connectivity index (χ4v) is 8.79. The minimum absolute atomic E-state index is 0.342. The molecule has 0 aliphatic rings. The molecule has 0 fully saturated rings. The lowest BCUT2D eigenvalue weighted by Gasteiger charge is -2.25. The molecule has 13 rings (SSSR count). The van der Waals surface area contributed by atoms with Crippen molar-refractivity contribution < 1.29 is 13.3 Å². The summed E-state index contributed by atoms with van der Waals surface area (Å²) in [6.45, 7) is 0. The number of rotatable bonds is 6. The number of hydrogen-bond acceptors (Lipinski definition) is 9. The quantitative estimate of drug-likeness (QED) is 0.163. The van der Waals surface area contributed by atoms with E-state index in [0.717, 1.165) is 88.2 Å². The number of nitrogens with zero attached hydrogens (tertiary/aromatic N) is 6. The van der Waals surface area contributed by atoms with Crippen molar-refractivity contribution >= 4 is 122 Å². The molecule has 0 saturated carbocycles. The van der Waals surface area contributed by atoms with Crippen molar-refractivity contribution in [2.45, 2.75) is 0 Å². The van der Waals surface area contributed by atoms with Gasteiger partial charge in [0.15, 0.2) is 5.82 Å². The van der Waals surface area contributed by atoms with Gasteiger partial charge in [0.25, 0.3) is 0 Å². The van der Waals surface area contributed by atoms with Gasteiger partial charge in [0.2, 0.25) is 17.4 Å². The fraction of sp³-hybridized carbons (Fsp3) is 0. The van der Waals surface area contributed by atoms with Crippen molar-refractivity contribution in [3.63, 3.8) is 0 Å². The Morgan fingerprint density at radius 3 is 1.52 bits per heavy atom. The van der Waals surface area contributed by atoms with Gasteiger partial charge in [-0.3, -0.25) is 9.80 Å². The zero-order valence-electron chi connectivity index (χ0n) is 32.2. The summed E-state index contributed by atoms with van der Waals surface area (Å²) in [4.78, 5) is 24.4.